The Kier molecular flexibility index (Phi) is 8.65. The monoisotopic (exact) mass is 647 g/mol. The highest BCUT2D eigenvalue weighted by molar-refractivity contribution is 5.96. The number of aromatic amines is 1. The first kappa shape index (κ1) is 30.8. The van der Waals surface area contributed by atoms with Crippen LogP contribution in [0, 0.1) is 11.7 Å². The van der Waals surface area contributed by atoms with E-state index in [0.717, 1.165) is 28.6 Å². The van der Waals surface area contributed by atoms with E-state index in [9.17, 15) is 18.8 Å². The third-order valence-electron chi connectivity index (χ3n) is 8.53. The van der Waals surface area contributed by atoms with Crippen LogP contribution in [-0.4, -0.2) is 80.5 Å². The predicted molar refractivity (Wildman–Crippen MR) is 179 cm³/mol. The molecule has 7 rings (SSSR count). The molecule has 12 nitrogen and oxygen atoms in total. The van der Waals surface area contributed by atoms with E-state index < -0.39 is 5.82 Å². The molecule has 4 amide bonds. The largest absolute Gasteiger partial charge is 0.338 e. The van der Waals surface area contributed by atoms with Crippen molar-refractivity contribution in [1.82, 2.24) is 35.3 Å². The second kappa shape index (κ2) is 13.5. The lowest BCUT2D eigenvalue weighted by Gasteiger charge is -2.34. The number of nitrogens with zero attached hydrogens (tertiary/aromatic N) is 5. The molecule has 0 radical (unpaired) electrons. The zero-order chi connectivity index (χ0) is 33.0. The minimum Gasteiger partial charge on any atom is -0.338 e. The van der Waals surface area contributed by atoms with Crippen LogP contribution in [0.3, 0.4) is 0 Å². The molecule has 5 aromatic rings. The molecule has 1 aliphatic heterocycles. The molecule has 244 valence electrons. The van der Waals surface area contributed by atoms with Crippen molar-refractivity contribution in [3.05, 3.63) is 96.2 Å². The van der Waals surface area contributed by atoms with Crippen molar-refractivity contribution in [2.24, 2.45) is 5.92 Å². The summed E-state index contributed by atoms with van der Waals surface area (Å²) in [6, 6.07) is 20.7. The second-order valence-corrected chi connectivity index (χ2v) is 12.1. The first-order valence-electron chi connectivity index (χ1n) is 15.9. The van der Waals surface area contributed by atoms with Gasteiger partial charge in [0.25, 0.3) is 5.91 Å². The van der Waals surface area contributed by atoms with Gasteiger partial charge in [-0.15, -0.1) is 0 Å². The van der Waals surface area contributed by atoms with Gasteiger partial charge in [0.1, 0.15) is 18.0 Å². The molecular formula is C35H34FN9O3. The minimum absolute atomic E-state index is 0.0269. The number of aromatic nitrogens is 4. The molecular weight excluding hydrogens is 613 g/mol. The van der Waals surface area contributed by atoms with Crippen LogP contribution >= 0.6 is 0 Å². The van der Waals surface area contributed by atoms with E-state index in [-0.39, 0.29) is 24.3 Å². The lowest BCUT2D eigenvalue weighted by molar-refractivity contribution is -0.115. The van der Waals surface area contributed by atoms with Gasteiger partial charge in [-0.1, -0.05) is 24.3 Å². The van der Waals surface area contributed by atoms with Gasteiger partial charge in [0.05, 0.1) is 11.9 Å². The Balaban J connectivity index is 0.959. The summed E-state index contributed by atoms with van der Waals surface area (Å²) in [5.41, 5.74) is 4.14. The van der Waals surface area contributed by atoms with Crippen molar-refractivity contribution in [2.75, 3.05) is 43.4 Å². The number of piperazine rings is 1. The van der Waals surface area contributed by atoms with Crippen LogP contribution < -0.4 is 16.0 Å². The van der Waals surface area contributed by atoms with E-state index in [2.05, 4.69) is 36.1 Å². The van der Waals surface area contributed by atoms with E-state index in [1.165, 1.54) is 37.4 Å². The summed E-state index contributed by atoms with van der Waals surface area (Å²) in [4.78, 5) is 50.4. The number of urea groups is 1. The molecule has 4 N–H and O–H groups in total. The number of hydrogen-bond donors (Lipinski definition) is 4. The Hall–Kier alpha value is -5.85. The van der Waals surface area contributed by atoms with Crippen LogP contribution in [0.1, 0.15) is 28.9 Å². The Bertz CT molecular complexity index is 1970. The van der Waals surface area contributed by atoms with Gasteiger partial charge in [-0.2, -0.15) is 5.10 Å². The van der Waals surface area contributed by atoms with Gasteiger partial charge in [-0.25, -0.2) is 19.2 Å². The van der Waals surface area contributed by atoms with Crippen LogP contribution in [0.4, 0.5) is 26.5 Å². The SMILES string of the molecule is O=C(Cc1cc(Nc2ncnc3cc(-c4ccc(C(=O)N5CCN(C(=O)NCC6CC6)CC5)cc4)ccc23)n[nH]1)Nc1cccc(F)c1. The molecule has 0 spiro atoms. The van der Waals surface area contributed by atoms with E-state index in [1.807, 2.05) is 42.5 Å². The average molecular weight is 648 g/mol. The van der Waals surface area contributed by atoms with Gasteiger partial charge in [0.2, 0.25) is 5.91 Å². The number of fused-ring (bicyclic) bond motifs is 1. The molecule has 0 atom stereocenters. The third kappa shape index (κ3) is 7.25. The number of carbonyl (C=O) groups is 3. The predicted octanol–water partition coefficient (Wildman–Crippen LogP) is 4.96. The highest BCUT2D eigenvalue weighted by Crippen LogP contribution is 2.29. The molecule has 1 saturated carbocycles. The van der Waals surface area contributed by atoms with Gasteiger partial charge in [-0.3, -0.25) is 14.7 Å². The summed E-state index contributed by atoms with van der Waals surface area (Å²) in [6.07, 6.45) is 3.87. The summed E-state index contributed by atoms with van der Waals surface area (Å²) in [5, 5.41) is 16.7. The topological polar surface area (TPSA) is 148 Å². The van der Waals surface area contributed by atoms with Crippen molar-refractivity contribution >= 4 is 46.1 Å². The fourth-order valence-corrected chi connectivity index (χ4v) is 5.68. The fraction of sp³-hybridized carbons (Fsp3) is 0.257. The Morgan fingerprint density at radius 2 is 1.65 bits per heavy atom. The van der Waals surface area contributed by atoms with Gasteiger partial charge < -0.3 is 25.8 Å². The summed E-state index contributed by atoms with van der Waals surface area (Å²) < 4.78 is 13.4. The Morgan fingerprint density at radius 3 is 2.42 bits per heavy atom. The van der Waals surface area contributed by atoms with E-state index in [0.29, 0.717) is 60.7 Å². The van der Waals surface area contributed by atoms with Crippen molar-refractivity contribution in [3.8, 4) is 11.1 Å². The zero-order valence-electron chi connectivity index (χ0n) is 26.1. The normalized spacial score (nSPS) is 14.5. The van der Waals surface area contributed by atoms with Gasteiger partial charge in [-0.05, 0) is 72.4 Å². The Morgan fingerprint density at radius 1 is 0.875 bits per heavy atom. The maximum atomic E-state index is 13.4. The lowest BCUT2D eigenvalue weighted by Crippen LogP contribution is -2.53. The standard InChI is InChI=1S/C35H34FN9O3/c36-26-2-1-3-27(17-26)40-32(46)19-28-18-31(43-42-28)41-33-29-11-10-25(16-30(29)38-21-39-33)23-6-8-24(9-7-23)34(47)44-12-14-45(15-13-44)35(48)37-20-22-4-5-22/h1-3,6-11,16-18,21-22H,4-5,12-15,19-20H2,(H,37,48)(H,40,46)(H2,38,39,41,42,43). The molecule has 0 unspecified atom stereocenters. The molecule has 2 fully saturated rings. The maximum absolute atomic E-state index is 13.4. The van der Waals surface area contributed by atoms with Gasteiger partial charge >= 0.3 is 6.03 Å². The molecule has 3 heterocycles. The van der Waals surface area contributed by atoms with Crippen molar-refractivity contribution < 1.29 is 18.8 Å². The van der Waals surface area contributed by atoms with E-state index >= 15 is 0 Å². The van der Waals surface area contributed by atoms with Crippen LogP contribution in [0.15, 0.2) is 79.1 Å². The highest BCUT2D eigenvalue weighted by atomic mass is 19.1. The van der Waals surface area contributed by atoms with Gasteiger partial charge in [0.15, 0.2) is 5.82 Å². The lowest BCUT2D eigenvalue weighted by atomic mass is 10.0. The number of anilines is 3. The summed E-state index contributed by atoms with van der Waals surface area (Å²) in [6.45, 7) is 2.79. The van der Waals surface area contributed by atoms with Crippen molar-refractivity contribution in [1.29, 1.82) is 0 Å². The van der Waals surface area contributed by atoms with Crippen LogP contribution in [0.2, 0.25) is 0 Å². The quantitative estimate of drug-likeness (QED) is 0.177. The highest BCUT2D eigenvalue weighted by Gasteiger charge is 2.27. The van der Waals surface area contributed by atoms with Crippen LogP contribution in [-0.2, 0) is 11.2 Å². The van der Waals surface area contributed by atoms with Crippen LogP contribution in [0.5, 0.6) is 0 Å². The van der Waals surface area contributed by atoms with Crippen molar-refractivity contribution in [2.45, 2.75) is 19.3 Å². The molecule has 13 heteroatoms. The summed E-state index contributed by atoms with van der Waals surface area (Å²) in [7, 11) is 0. The number of nitrogens with one attached hydrogen (secondary N) is 4. The molecule has 3 aromatic carbocycles. The Labute approximate surface area is 275 Å². The molecule has 48 heavy (non-hydrogen) atoms. The minimum atomic E-state index is -0.428. The number of halogens is 1. The number of carbonyl (C=O) groups excluding carboxylic acids is 3. The number of rotatable bonds is 9. The average Bonchev–Trinajstić information content (AvgIpc) is 3.84. The van der Waals surface area contributed by atoms with E-state index in [4.69, 9.17) is 0 Å². The summed E-state index contributed by atoms with van der Waals surface area (Å²) in [5.74, 6) is 0.875. The number of amides is 4. The fourth-order valence-electron chi connectivity index (χ4n) is 5.68. The van der Waals surface area contributed by atoms with E-state index in [1.54, 1.807) is 21.9 Å². The molecule has 2 aliphatic rings. The number of H-pyrrole nitrogens is 1. The third-order valence-corrected chi connectivity index (χ3v) is 8.53. The molecule has 0 bridgehead atoms. The van der Waals surface area contributed by atoms with Crippen LogP contribution in [0.25, 0.3) is 22.0 Å². The maximum Gasteiger partial charge on any atom is 0.317 e. The summed E-state index contributed by atoms with van der Waals surface area (Å²) >= 11 is 0. The molecule has 1 aliphatic carbocycles. The molecule has 2 aromatic heterocycles. The van der Waals surface area contributed by atoms with Crippen molar-refractivity contribution in [3.63, 3.8) is 0 Å². The number of hydrogen-bond acceptors (Lipinski definition) is 7. The molecule has 1 saturated heterocycles. The zero-order valence-corrected chi connectivity index (χ0v) is 26.1. The number of benzene rings is 3. The first-order valence-corrected chi connectivity index (χ1v) is 15.9. The van der Waals surface area contributed by atoms with Gasteiger partial charge in [0, 0.05) is 61.1 Å². The smallest absolute Gasteiger partial charge is 0.317 e. The second-order valence-electron chi connectivity index (χ2n) is 12.1. The first-order chi connectivity index (χ1) is 23.4.